The molecule has 3 heteroatoms. The topological polar surface area (TPSA) is 38.3 Å². The van der Waals surface area contributed by atoms with Gasteiger partial charge in [0.1, 0.15) is 0 Å². The summed E-state index contributed by atoms with van der Waals surface area (Å²) >= 11 is 0. The SMILES string of the molecule is CC(=O)NCCCOC(C)c1ccccc1. The van der Waals surface area contributed by atoms with Crippen LogP contribution in [0.15, 0.2) is 30.3 Å². The van der Waals surface area contributed by atoms with E-state index in [0.29, 0.717) is 13.2 Å². The van der Waals surface area contributed by atoms with E-state index in [2.05, 4.69) is 17.4 Å². The van der Waals surface area contributed by atoms with Crippen LogP contribution in [0.3, 0.4) is 0 Å². The van der Waals surface area contributed by atoms with E-state index in [1.54, 1.807) is 0 Å². The molecule has 1 rings (SSSR count). The van der Waals surface area contributed by atoms with Crippen molar-refractivity contribution in [3.8, 4) is 0 Å². The molecular formula is C13H19NO2. The Morgan fingerprint density at radius 3 is 2.69 bits per heavy atom. The highest BCUT2D eigenvalue weighted by atomic mass is 16.5. The number of carbonyl (C=O) groups excluding carboxylic acids is 1. The molecule has 0 heterocycles. The predicted molar refractivity (Wildman–Crippen MR) is 64.1 cm³/mol. The molecule has 0 aliphatic carbocycles. The lowest BCUT2D eigenvalue weighted by atomic mass is 10.1. The molecule has 1 amide bonds. The number of hydrogen-bond donors (Lipinski definition) is 1. The normalized spacial score (nSPS) is 12.1. The van der Waals surface area contributed by atoms with Gasteiger partial charge in [0.15, 0.2) is 0 Å². The van der Waals surface area contributed by atoms with Gasteiger partial charge in [-0.25, -0.2) is 0 Å². The van der Waals surface area contributed by atoms with Gasteiger partial charge in [-0.1, -0.05) is 30.3 Å². The molecule has 1 atom stereocenters. The molecule has 1 N–H and O–H groups in total. The Bertz CT molecular complexity index is 311. The van der Waals surface area contributed by atoms with Crippen LogP contribution in [0.25, 0.3) is 0 Å². The second-order valence-electron chi connectivity index (χ2n) is 3.76. The average molecular weight is 221 g/mol. The third kappa shape index (κ3) is 4.94. The van der Waals surface area contributed by atoms with E-state index >= 15 is 0 Å². The molecule has 1 aromatic carbocycles. The molecule has 1 aromatic rings. The largest absolute Gasteiger partial charge is 0.374 e. The van der Waals surface area contributed by atoms with E-state index in [1.807, 2.05) is 25.1 Å². The van der Waals surface area contributed by atoms with Crippen LogP contribution in [0.4, 0.5) is 0 Å². The first-order valence-electron chi connectivity index (χ1n) is 5.61. The van der Waals surface area contributed by atoms with Crippen molar-refractivity contribution in [2.75, 3.05) is 13.2 Å². The summed E-state index contributed by atoms with van der Waals surface area (Å²) in [4.78, 5) is 10.6. The average Bonchev–Trinajstić information content (AvgIpc) is 2.29. The smallest absolute Gasteiger partial charge is 0.216 e. The molecule has 88 valence electrons. The Morgan fingerprint density at radius 1 is 1.38 bits per heavy atom. The quantitative estimate of drug-likeness (QED) is 0.748. The lowest BCUT2D eigenvalue weighted by Gasteiger charge is -2.13. The third-order valence-corrected chi connectivity index (χ3v) is 2.33. The first kappa shape index (κ1) is 12.7. The molecule has 0 aromatic heterocycles. The fourth-order valence-corrected chi connectivity index (χ4v) is 1.42. The van der Waals surface area contributed by atoms with E-state index in [-0.39, 0.29) is 12.0 Å². The summed E-state index contributed by atoms with van der Waals surface area (Å²) in [6, 6.07) is 10.1. The van der Waals surface area contributed by atoms with Crippen molar-refractivity contribution in [2.24, 2.45) is 0 Å². The summed E-state index contributed by atoms with van der Waals surface area (Å²) in [5.74, 6) is 0.0103. The second kappa shape index (κ2) is 7.01. The highest BCUT2D eigenvalue weighted by Crippen LogP contribution is 2.15. The molecule has 0 saturated carbocycles. The first-order chi connectivity index (χ1) is 7.70. The maximum atomic E-state index is 10.6. The van der Waals surface area contributed by atoms with Gasteiger partial charge in [0.2, 0.25) is 5.91 Å². The van der Waals surface area contributed by atoms with Crippen LogP contribution in [-0.2, 0) is 9.53 Å². The minimum atomic E-state index is 0.0103. The van der Waals surface area contributed by atoms with Gasteiger partial charge in [-0.15, -0.1) is 0 Å². The fraction of sp³-hybridized carbons (Fsp3) is 0.462. The van der Waals surface area contributed by atoms with Crippen molar-refractivity contribution in [1.29, 1.82) is 0 Å². The van der Waals surface area contributed by atoms with Crippen LogP contribution in [0.2, 0.25) is 0 Å². The molecule has 3 nitrogen and oxygen atoms in total. The molecule has 0 saturated heterocycles. The molecule has 0 fully saturated rings. The Hall–Kier alpha value is -1.35. The van der Waals surface area contributed by atoms with E-state index in [9.17, 15) is 4.79 Å². The summed E-state index contributed by atoms with van der Waals surface area (Å²) in [5.41, 5.74) is 1.18. The summed E-state index contributed by atoms with van der Waals surface area (Å²) in [5, 5.41) is 2.74. The van der Waals surface area contributed by atoms with Crippen molar-refractivity contribution in [3.05, 3.63) is 35.9 Å². The second-order valence-corrected chi connectivity index (χ2v) is 3.76. The number of hydrogen-bond acceptors (Lipinski definition) is 2. The number of carbonyl (C=O) groups is 1. The van der Waals surface area contributed by atoms with E-state index < -0.39 is 0 Å². The summed E-state index contributed by atoms with van der Waals surface area (Å²) < 4.78 is 5.66. The first-order valence-corrected chi connectivity index (χ1v) is 5.61. The van der Waals surface area contributed by atoms with Gasteiger partial charge >= 0.3 is 0 Å². The zero-order chi connectivity index (χ0) is 11.8. The number of rotatable bonds is 6. The molecular weight excluding hydrogens is 202 g/mol. The Kier molecular flexibility index (Phi) is 5.57. The van der Waals surface area contributed by atoms with Gasteiger partial charge < -0.3 is 10.1 Å². The van der Waals surface area contributed by atoms with E-state index in [0.717, 1.165) is 6.42 Å². The number of amides is 1. The number of ether oxygens (including phenoxy) is 1. The Balaban J connectivity index is 2.16. The van der Waals surface area contributed by atoms with Gasteiger partial charge in [0.25, 0.3) is 0 Å². The van der Waals surface area contributed by atoms with Gasteiger partial charge in [0.05, 0.1) is 6.10 Å². The van der Waals surface area contributed by atoms with Gasteiger partial charge in [-0.2, -0.15) is 0 Å². The molecule has 0 spiro atoms. The fourth-order valence-electron chi connectivity index (χ4n) is 1.42. The number of nitrogens with one attached hydrogen (secondary N) is 1. The standard InChI is InChI=1S/C13H19NO2/c1-11(13-7-4-3-5-8-13)16-10-6-9-14-12(2)15/h3-5,7-8,11H,6,9-10H2,1-2H3,(H,14,15). The Morgan fingerprint density at radius 2 is 2.06 bits per heavy atom. The highest BCUT2D eigenvalue weighted by Gasteiger charge is 2.03. The minimum Gasteiger partial charge on any atom is -0.374 e. The summed E-state index contributed by atoms with van der Waals surface area (Å²) in [7, 11) is 0. The molecule has 1 unspecified atom stereocenters. The molecule has 0 aliphatic heterocycles. The summed E-state index contributed by atoms with van der Waals surface area (Å²) in [6.45, 7) is 4.90. The van der Waals surface area contributed by atoms with Crippen molar-refractivity contribution >= 4 is 5.91 Å². The molecule has 0 bridgehead atoms. The van der Waals surface area contributed by atoms with Crippen molar-refractivity contribution in [2.45, 2.75) is 26.4 Å². The van der Waals surface area contributed by atoms with Gasteiger partial charge in [0, 0.05) is 20.1 Å². The molecule has 0 radical (unpaired) electrons. The third-order valence-electron chi connectivity index (χ3n) is 2.33. The van der Waals surface area contributed by atoms with Gasteiger partial charge in [-0.3, -0.25) is 4.79 Å². The van der Waals surface area contributed by atoms with E-state index in [1.165, 1.54) is 12.5 Å². The Labute approximate surface area is 96.8 Å². The zero-order valence-corrected chi connectivity index (χ0v) is 9.90. The van der Waals surface area contributed by atoms with E-state index in [4.69, 9.17) is 4.74 Å². The number of benzene rings is 1. The predicted octanol–water partition coefficient (Wildman–Crippen LogP) is 2.29. The van der Waals surface area contributed by atoms with Crippen LogP contribution in [-0.4, -0.2) is 19.1 Å². The highest BCUT2D eigenvalue weighted by molar-refractivity contribution is 5.72. The maximum Gasteiger partial charge on any atom is 0.216 e. The van der Waals surface area contributed by atoms with Crippen LogP contribution in [0, 0.1) is 0 Å². The zero-order valence-electron chi connectivity index (χ0n) is 9.90. The van der Waals surface area contributed by atoms with Crippen LogP contribution < -0.4 is 5.32 Å². The van der Waals surface area contributed by atoms with Crippen molar-refractivity contribution in [3.63, 3.8) is 0 Å². The van der Waals surface area contributed by atoms with Crippen molar-refractivity contribution < 1.29 is 9.53 Å². The lowest BCUT2D eigenvalue weighted by molar-refractivity contribution is -0.119. The van der Waals surface area contributed by atoms with Crippen LogP contribution >= 0.6 is 0 Å². The van der Waals surface area contributed by atoms with Gasteiger partial charge in [-0.05, 0) is 18.9 Å². The monoisotopic (exact) mass is 221 g/mol. The summed E-state index contributed by atoms with van der Waals surface area (Å²) in [6.07, 6.45) is 0.954. The lowest BCUT2D eigenvalue weighted by Crippen LogP contribution is -2.22. The maximum absolute atomic E-state index is 10.6. The van der Waals surface area contributed by atoms with Crippen LogP contribution in [0.5, 0.6) is 0 Å². The minimum absolute atomic E-state index is 0.0103. The molecule has 0 aliphatic rings. The molecule has 16 heavy (non-hydrogen) atoms. The van der Waals surface area contributed by atoms with Crippen molar-refractivity contribution in [1.82, 2.24) is 5.32 Å². The van der Waals surface area contributed by atoms with Crippen LogP contribution in [0.1, 0.15) is 31.9 Å².